The number of rotatable bonds is 5. The number of ether oxygens (including phenoxy) is 1. The molecule has 1 aromatic heterocycles. The van der Waals surface area contributed by atoms with E-state index < -0.39 is 23.9 Å². The van der Waals surface area contributed by atoms with Gasteiger partial charge in [0.25, 0.3) is 0 Å². The summed E-state index contributed by atoms with van der Waals surface area (Å²) < 4.78 is 43.3. The van der Waals surface area contributed by atoms with Crippen molar-refractivity contribution in [2.24, 2.45) is 0 Å². The van der Waals surface area contributed by atoms with Crippen molar-refractivity contribution in [3.05, 3.63) is 82.4 Å². The highest BCUT2D eigenvalue weighted by Gasteiger charge is 2.31. The quantitative estimate of drug-likeness (QED) is 0.225. The van der Waals surface area contributed by atoms with Crippen LogP contribution in [0.4, 0.5) is 40.1 Å². The number of hydrogen-bond donors (Lipinski definition) is 4. The molecule has 3 aromatic carbocycles. The summed E-state index contributed by atoms with van der Waals surface area (Å²) in [6.07, 6.45) is -5.29. The number of aromatic nitrogens is 2. The van der Waals surface area contributed by atoms with Gasteiger partial charge in [-0.25, -0.2) is 14.6 Å². The summed E-state index contributed by atoms with van der Waals surface area (Å²) >= 11 is 5.90. The molecule has 0 spiro atoms. The third-order valence-electron chi connectivity index (χ3n) is 5.10. The number of nitrogens with one attached hydrogen (secondary N) is 4. The van der Waals surface area contributed by atoms with Gasteiger partial charge in [-0.05, 0) is 60.7 Å². The molecule has 0 aliphatic carbocycles. The lowest BCUT2D eigenvalue weighted by molar-refractivity contribution is -0.137. The van der Waals surface area contributed by atoms with Gasteiger partial charge in [-0.1, -0.05) is 11.6 Å². The van der Waals surface area contributed by atoms with Gasteiger partial charge in [0.15, 0.2) is 5.78 Å². The maximum atomic E-state index is 12.9. The predicted molar refractivity (Wildman–Crippen MR) is 131 cm³/mol. The van der Waals surface area contributed by atoms with Crippen LogP contribution in [0.25, 0.3) is 11.0 Å². The Morgan fingerprint density at radius 3 is 2.30 bits per heavy atom. The number of methoxy groups -OCH3 is 1. The van der Waals surface area contributed by atoms with Crippen molar-refractivity contribution >= 4 is 57.9 Å². The summed E-state index contributed by atoms with van der Waals surface area (Å²) in [5.74, 6) is -0.161. The number of urea groups is 1. The van der Waals surface area contributed by atoms with Gasteiger partial charge in [0.2, 0.25) is 5.95 Å². The zero-order valence-electron chi connectivity index (χ0n) is 18.9. The lowest BCUT2D eigenvalue weighted by atomic mass is 10.0. The van der Waals surface area contributed by atoms with Crippen LogP contribution in [0, 0.1) is 0 Å². The van der Waals surface area contributed by atoms with E-state index in [0.29, 0.717) is 27.8 Å². The molecular formula is C24H17ClF3N5O4. The number of carbonyl (C=O) groups is 3. The van der Waals surface area contributed by atoms with Gasteiger partial charge in [-0.3, -0.25) is 10.1 Å². The lowest BCUT2D eigenvalue weighted by Crippen LogP contribution is -2.20. The molecule has 0 atom stereocenters. The molecule has 0 fully saturated rings. The van der Waals surface area contributed by atoms with Crippen LogP contribution in [-0.2, 0) is 10.9 Å². The van der Waals surface area contributed by atoms with Crippen LogP contribution in [0.3, 0.4) is 0 Å². The number of ketones is 1. The van der Waals surface area contributed by atoms with Crippen molar-refractivity contribution in [1.82, 2.24) is 9.97 Å². The molecule has 190 valence electrons. The average Bonchev–Trinajstić information content (AvgIpc) is 3.26. The van der Waals surface area contributed by atoms with E-state index in [4.69, 9.17) is 11.6 Å². The van der Waals surface area contributed by atoms with E-state index in [-0.39, 0.29) is 22.4 Å². The summed E-state index contributed by atoms with van der Waals surface area (Å²) in [6, 6.07) is 12.4. The molecule has 9 nitrogen and oxygen atoms in total. The number of imidazole rings is 1. The Kier molecular flexibility index (Phi) is 7.02. The van der Waals surface area contributed by atoms with Gasteiger partial charge in [0.05, 0.1) is 34.4 Å². The van der Waals surface area contributed by atoms with Gasteiger partial charge in [-0.2, -0.15) is 13.2 Å². The fourth-order valence-electron chi connectivity index (χ4n) is 3.31. The molecule has 0 aliphatic rings. The minimum Gasteiger partial charge on any atom is -0.453 e. The van der Waals surface area contributed by atoms with E-state index in [1.165, 1.54) is 31.4 Å². The van der Waals surface area contributed by atoms with Crippen LogP contribution in [-0.4, -0.2) is 35.0 Å². The molecule has 37 heavy (non-hydrogen) atoms. The number of hydrogen-bond acceptors (Lipinski definition) is 5. The van der Waals surface area contributed by atoms with Crippen LogP contribution in [0.5, 0.6) is 0 Å². The molecule has 13 heteroatoms. The topological polar surface area (TPSA) is 125 Å². The van der Waals surface area contributed by atoms with E-state index >= 15 is 0 Å². The molecule has 0 saturated heterocycles. The number of aromatic amines is 1. The summed E-state index contributed by atoms with van der Waals surface area (Å²) in [5.41, 5.74) is 0.808. The van der Waals surface area contributed by atoms with Gasteiger partial charge in [0, 0.05) is 16.8 Å². The van der Waals surface area contributed by atoms with Crippen molar-refractivity contribution in [2.45, 2.75) is 6.18 Å². The maximum absolute atomic E-state index is 12.9. The Balaban J connectivity index is 1.43. The number of amides is 3. The molecule has 0 saturated carbocycles. The number of fused-ring (bicyclic) bond motifs is 1. The minimum absolute atomic E-state index is 0.0637. The first-order chi connectivity index (χ1) is 17.5. The standard InChI is InChI=1S/C24H17ClF3N5O4/c1-37-23(36)33-21-30-17-9-4-13(10-19(17)31-21)20(34)12-2-6-15(7-3-12)29-22(35)32-18-11-14(24(26,27)28)5-8-16(18)25/h2-11H,1H3,(H2,29,32,35)(H2,30,31,33,36). The molecular weight excluding hydrogens is 515 g/mol. The summed E-state index contributed by atoms with van der Waals surface area (Å²) in [6.45, 7) is 0. The Morgan fingerprint density at radius 2 is 1.62 bits per heavy atom. The van der Waals surface area contributed by atoms with Crippen molar-refractivity contribution in [3.63, 3.8) is 0 Å². The van der Waals surface area contributed by atoms with Crippen LogP contribution >= 0.6 is 11.6 Å². The highest BCUT2D eigenvalue weighted by atomic mass is 35.5. The number of anilines is 3. The summed E-state index contributed by atoms with van der Waals surface area (Å²) in [5, 5.41) is 7.08. The van der Waals surface area contributed by atoms with Crippen molar-refractivity contribution in [3.8, 4) is 0 Å². The number of H-pyrrole nitrogens is 1. The Labute approximate surface area is 212 Å². The van der Waals surface area contributed by atoms with Crippen molar-refractivity contribution < 1.29 is 32.3 Å². The van der Waals surface area contributed by atoms with Crippen LogP contribution < -0.4 is 16.0 Å². The maximum Gasteiger partial charge on any atom is 0.416 e. The normalized spacial score (nSPS) is 11.2. The Bertz CT molecular complexity index is 1500. The van der Waals surface area contributed by atoms with E-state index in [1.54, 1.807) is 18.2 Å². The van der Waals surface area contributed by atoms with Gasteiger partial charge in [0.1, 0.15) is 0 Å². The third-order valence-corrected chi connectivity index (χ3v) is 5.43. The molecule has 3 amide bonds. The second-order valence-corrected chi connectivity index (χ2v) is 8.02. The zero-order valence-corrected chi connectivity index (χ0v) is 19.6. The zero-order chi connectivity index (χ0) is 26.7. The van der Waals surface area contributed by atoms with Gasteiger partial charge >= 0.3 is 18.3 Å². The molecule has 4 rings (SSSR count). The first-order valence-electron chi connectivity index (χ1n) is 10.5. The molecule has 0 unspecified atom stereocenters. The van der Waals surface area contributed by atoms with Gasteiger partial charge < -0.3 is 20.4 Å². The summed E-state index contributed by atoms with van der Waals surface area (Å²) in [4.78, 5) is 43.6. The fourth-order valence-corrected chi connectivity index (χ4v) is 3.47. The molecule has 0 aliphatic heterocycles. The average molecular weight is 532 g/mol. The fraction of sp³-hybridized carbons (Fsp3) is 0.0833. The van der Waals surface area contributed by atoms with E-state index in [0.717, 1.165) is 18.2 Å². The van der Waals surface area contributed by atoms with Crippen molar-refractivity contribution in [1.29, 1.82) is 0 Å². The highest BCUT2D eigenvalue weighted by molar-refractivity contribution is 6.33. The second-order valence-electron chi connectivity index (χ2n) is 7.61. The SMILES string of the molecule is COC(=O)Nc1nc2cc(C(=O)c3ccc(NC(=O)Nc4cc(C(F)(F)F)ccc4Cl)cc3)ccc2[nH]1. The Hall–Kier alpha value is -4.58. The first-order valence-corrected chi connectivity index (χ1v) is 10.9. The number of benzene rings is 3. The van der Waals surface area contributed by atoms with E-state index in [9.17, 15) is 27.6 Å². The third kappa shape index (κ3) is 5.98. The molecule has 4 N–H and O–H groups in total. The van der Waals surface area contributed by atoms with Crippen LogP contribution in [0.2, 0.25) is 5.02 Å². The largest absolute Gasteiger partial charge is 0.453 e. The number of nitrogens with zero attached hydrogens (tertiary/aromatic N) is 1. The predicted octanol–water partition coefficient (Wildman–Crippen LogP) is 6.29. The van der Waals surface area contributed by atoms with Gasteiger partial charge in [-0.15, -0.1) is 0 Å². The van der Waals surface area contributed by atoms with Crippen LogP contribution in [0.15, 0.2) is 60.7 Å². The summed E-state index contributed by atoms with van der Waals surface area (Å²) in [7, 11) is 1.22. The van der Waals surface area contributed by atoms with Crippen molar-refractivity contribution in [2.75, 3.05) is 23.1 Å². The first kappa shape index (κ1) is 25.5. The molecule has 4 aromatic rings. The van der Waals surface area contributed by atoms with E-state index in [1.807, 2.05) is 0 Å². The molecule has 1 heterocycles. The minimum atomic E-state index is -4.59. The smallest absolute Gasteiger partial charge is 0.416 e. The number of halogens is 4. The highest BCUT2D eigenvalue weighted by Crippen LogP contribution is 2.34. The number of carbonyl (C=O) groups excluding carboxylic acids is 3. The van der Waals surface area contributed by atoms with Crippen LogP contribution in [0.1, 0.15) is 21.5 Å². The lowest BCUT2D eigenvalue weighted by Gasteiger charge is -2.12. The van der Waals surface area contributed by atoms with E-state index in [2.05, 4.69) is 30.7 Å². The monoisotopic (exact) mass is 531 g/mol. The second kappa shape index (κ2) is 10.2. The molecule has 0 radical (unpaired) electrons. The number of alkyl halides is 3. The molecule has 0 bridgehead atoms. The Morgan fingerprint density at radius 1 is 0.919 bits per heavy atom.